The number of halogens is 1. The summed E-state index contributed by atoms with van der Waals surface area (Å²) in [6, 6.07) is 4.10. The maximum absolute atomic E-state index is 13.4. The summed E-state index contributed by atoms with van der Waals surface area (Å²) in [4.78, 5) is 4.05. The molecule has 0 aromatic heterocycles. The van der Waals surface area contributed by atoms with Gasteiger partial charge < -0.3 is 15.4 Å². The molecule has 0 bridgehead atoms. The van der Waals surface area contributed by atoms with Crippen molar-refractivity contribution in [3.05, 3.63) is 35.1 Å². The maximum atomic E-state index is 13.4. The van der Waals surface area contributed by atoms with E-state index in [0.29, 0.717) is 36.8 Å². The van der Waals surface area contributed by atoms with E-state index in [2.05, 4.69) is 15.6 Å². The van der Waals surface area contributed by atoms with Crippen LogP contribution in [0, 0.1) is 5.82 Å². The molecule has 0 aliphatic heterocycles. The normalized spacial score (nSPS) is 12.3. The van der Waals surface area contributed by atoms with E-state index >= 15 is 0 Å². The molecule has 23 heavy (non-hydrogen) atoms. The van der Waals surface area contributed by atoms with E-state index in [1.165, 1.54) is 18.2 Å². The average molecular weight is 345 g/mol. The average Bonchev–Trinajstić information content (AvgIpc) is 2.47. The Balaban J connectivity index is 2.70. The number of aliphatic imine (C=N–C) groups is 1. The molecular formula is C15H24FN3O3S. The molecule has 0 radical (unpaired) electrons. The van der Waals surface area contributed by atoms with Crippen LogP contribution in [0.5, 0.6) is 0 Å². The number of nitrogens with zero attached hydrogens (tertiary/aromatic N) is 1. The summed E-state index contributed by atoms with van der Waals surface area (Å²) >= 11 is 0. The Morgan fingerprint density at radius 2 is 2.04 bits per heavy atom. The highest BCUT2D eigenvalue weighted by molar-refractivity contribution is 7.89. The molecule has 0 heterocycles. The summed E-state index contributed by atoms with van der Waals surface area (Å²) in [6.07, 6.45) is 1.15. The van der Waals surface area contributed by atoms with Gasteiger partial charge in [-0.1, -0.05) is 6.07 Å². The first kappa shape index (κ1) is 19.4. The molecular weight excluding hydrogens is 321 g/mol. The van der Waals surface area contributed by atoms with Crippen LogP contribution < -0.4 is 10.6 Å². The largest absolute Gasteiger partial charge is 0.380 e. The fourth-order valence-electron chi connectivity index (χ4n) is 1.97. The molecule has 0 aliphatic carbocycles. The lowest BCUT2D eigenvalue weighted by Gasteiger charge is -2.14. The summed E-state index contributed by atoms with van der Waals surface area (Å²) in [5.74, 6) is 0.0123. The third kappa shape index (κ3) is 7.94. The van der Waals surface area contributed by atoms with E-state index in [0.717, 1.165) is 6.26 Å². The van der Waals surface area contributed by atoms with Crippen LogP contribution in [0.15, 0.2) is 23.2 Å². The number of nitrogens with one attached hydrogen (secondary N) is 2. The zero-order valence-corrected chi connectivity index (χ0v) is 14.5. The van der Waals surface area contributed by atoms with E-state index in [4.69, 9.17) is 4.74 Å². The van der Waals surface area contributed by atoms with Gasteiger partial charge in [-0.25, -0.2) is 12.8 Å². The summed E-state index contributed by atoms with van der Waals surface area (Å²) < 4.78 is 41.6. The quantitative estimate of drug-likeness (QED) is 0.419. The summed E-state index contributed by atoms with van der Waals surface area (Å²) in [7, 11) is -1.57. The number of ether oxygens (including phenoxy) is 1. The molecule has 0 fully saturated rings. The van der Waals surface area contributed by atoms with Crippen LogP contribution in [0.3, 0.4) is 0 Å². The van der Waals surface area contributed by atoms with Crippen LogP contribution in [0.2, 0.25) is 0 Å². The summed E-state index contributed by atoms with van der Waals surface area (Å²) in [5, 5.41) is 6.10. The van der Waals surface area contributed by atoms with Crippen molar-refractivity contribution < 1.29 is 17.5 Å². The van der Waals surface area contributed by atoms with Crippen molar-refractivity contribution in [2.75, 3.05) is 33.1 Å². The van der Waals surface area contributed by atoms with Gasteiger partial charge in [0.25, 0.3) is 0 Å². The van der Waals surface area contributed by atoms with Crippen LogP contribution in [0.4, 0.5) is 4.39 Å². The maximum Gasteiger partial charge on any atom is 0.191 e. The standard InChI is InChI=1S/C15H24FN3O3S/c1-4-22-8-7-18-15(17-2)19-10-13-9-14(16)6-5-12(13)11-23(3,20)21/h5-6,9H,4,7-8,10-11H2,1-3H3,(H2,17,18,19). The highest BCUT2D eigenvalue weighted by Gasteiger charge is 2.11. The highest BCUT2D eigenvalue weighted by Crippen LogP contribution is 2.14. The SMILES string of the molecule is CCOCCNC(=NC)NCc1cc(F)ccc1CS(C)(=O)=O. The Hall–Kier alpha value is -1.67. The van der Waals surface area contributed by atoms with Gasteiger partial charge in [-0.05, 0) is 30.2 Å². The predicted octanol–water partition coefficient (Wildman–Crippen LogP) is 1.07. The van der Waals surface area contributed by atoms with Crippen LogP contribution in [0.25, 0.3) is 0 Å². The Labute approximate surface area is 137 Å². The van der Waals surface area contributed by atoms with Gasteiger partial charge >= 0.3 is 0 Å². The fraction of sp³-hybridized carbons (Fsp3) is 0.533. The molecule has 0 unspecified atom stereocenters. The number of hydrogen-bond donors (Lipinski definition) is 2. The molecule has 0 aliphatic rings. The monoisotopic (exact) mass is 345 g/mol. The van der Waals surface area contributed by atoms with Crippen LogP contribution >= 0.6 is 0 Å². The van der Waals surface area contributed by atoms with Gasteiger partial charge in [0.15, 0.2) is 15.8 Å². The topological polar surface area (TPSA) is 79.8 Å². The highest BCUT2D eigenvalue weighted by atomic mass is 32.2. The minimum atomic E-state index is -3.19. The van der Waals surface area contributed by atoms with E-state index < -0.39 is 15.7 Å². The Morgan fingerprint density at radius 1 is 1.30 bits per heavy atom. The molecule has 0 amide bonds. The second-order valence-electron chi connectivity index (χ2n) is 5.03. The summed E-state index contributed by atoms with van der Waals surface area (Å²) in [5.41, 5.74) is 1.16. The third-order valence-electron chi connectivity index (χ3n) is 3.00. The molecule has 0 atom stereocenters. The van der Waals surface area contributed by atoms with Crippen LogP contribution in [0.1, 0.15) is 18.1 Å². The Morgan fingerprint density at radius 3 is 2.65 bits per heavy atom. The minimum Gasteiger partial charge on any atom is -0.380 e. The van der Waals surface area contributed by atoms with Gasteiger partial charge in [0.1, 0.15) is 5.82 Å². The van der Waals surface area contributed by atoms with Crippen molar-refractivity contribution in [3.63, 3.8) is 0 Å². The smallest absolute Gasteiger partial charge is 0.191 e. The van der Waals surface area contributed by atoms with Crippen molar-refractivity contribution in [2.24, 2.45) is 4.99 Å². The van der Waals surface area contributed by atoms with Crippen molar-refractivity contribution in [1.29, 1.82) is 0 Å². The zero-order chi connectivity index (χ0) is 17.3. The van der Waals surface area contributed by atoms with Gasteiger partial charge in [-0.2, -0.15) is 0 Å². The lowest BCUT2D eigenvalue weighted by molar-refractivity contribution is 0.152. The van der Waals surface area contributed by atoms with Gasteiger partial charge in [0.05, 0.1) is 12.4 Å². The van der Waals surface area contributed by atoms with Gasteiger partial charge in [0, 0.05) is 33.0 Å². The lowest BCUT2D eigenvalue weighted by atomic mass is 10.1. The third-order valence-corrected chi connectivity index (χ3v) is 3.83. The van der Waals surface area contributed by atoms with Crippen LogP contribution in [-0.4, -0.2) is 47.4 Å². The molecule has 2 N–H and O–H groups in total. The number of benzene rings is 1. The molecule has 8 heteroatoms. The van der Waals surface area contributed by atoms with Crippen molar-refractivity contribution in [1.82, 2.24) is 10.6 Å². The number of sulfone groups is 1. The number of hydrogen-bond acceptors (Lipinski definition) is 4. The molecule has 6 nitrogen and oxygen atoms in total. The van der Waals surface area contributed by atoms with Crippen molar-refractivity contribution in [2.45, 2.75) is 19.2 Å². The molecule has 0 saturated heterocycles. The Bertz CT molecular complexity index is 633. The minimum absolute atomic E-state index is 0.124. The molecule has 1 aromatic carbocycles. The van der Waals surface area contributed by atoms with Crippen LogP contribution in [-0.2, 0) is 26.9 Å². The first-order valence-electron chi connectivity index (χ1n) is 7.33. The van der Waals surface area contributed by atoms with Gasteiger partial charge in [-0.3, -0.25) is 4.99 Å². The van der Waals surface area contributed by atoms with Gasteiger partial charge in [0.2, 0.25) is 0 Å². The molecule has 130 valence electrons. The predicted molar refractivity (Wildman–Crippen MR) is 89.6 cm³/mol. The van der Waals surface area contributed by atoms with E-state index in [-0.39, 0.29) is 12.3 Å². The molecule has 1 rings (SSSR count). The Kier molecular flexibility index (Phi) is 7.97. The lowest BCUT2D eigenvalue weighted by Crippen LogP contribution is -2.38. The summed E-state index contributed by atoms with van der Waals surface area (Å²) in [6.45, 7) is 3.98. The number of rotatable bonds is 8. The van der Waals surface area contributed by atoms with Crippen molar-refractivity contribution in [3.8, 4) is 0 Å². The molecule has 0 spiro atoms. The molecule has 0 saturated carbocycles. The van der Waals surface area contributed by atoms with E-state index in [1.54, 1.807) is 7.05 Å². The molecule has 1 aromatic rings. The van der Waals surface area contributed by atoms with E-state index in [1.807, 2.05) is 6.92 Å². The second kappa shape index (κ2) is 9.46. The number of guanidine groups is 1. The van der Waals surface area contributed by atoms with E-state index in [9.17, 15) is 12.8 Å². The second-order valence-corrected chi connectivity index (χ2v) is 7.17. The zero-order valence-electron chi connectivity index (χ0n) is 13.7. The fourth-order valence-corrected chi connectivity index (χ4v) is 2.81. The van der Waals surface area contributed by atoms with Gasteiger partial charge in [-0.15, -0.1) is 0 Å². The van der Waals surface area contributed by atoms with Crippen molar-refractivity contribution >= 4 is 15.8 Å². The first-order valence-corrected chi connectivity index (χ1v) is 9.39. The first-order chi connectivity index (χ1) is 10.9.